The maximum atomic E-state index is 12.0. The molecule has 0 aliphatic carbocycles. The van der Waals surface area contributed by atoms with Crippen molar-refractivity contribution >= 4 is 23.2 Å². The fraction of sp³-hybridized carbons (Fsp3) is 0.438. The fourth-order valence-electron chi connectivity index (χ4n) is 2.79. The van der Waals surface area contributed by atoms with Crippen molar-refractivity contribution in [2.24, 2.45) is 0 Å². The highest BCUT2D eigenvalue weighted by atomic mass is 32.1. The van der Waals surface area contributed by atoms with E-state index in [2.05, 4.69) is 15.3 Å². The number of nitrogens with one attached hydrogen (secondary N) is 1. The highest BCUT2D eigenvalue weighted by molar-refractivity contribution is 7.07. The van der Waals surface area contributed by atoms with Gasteiger partial charge < -0.3 is 15.3 Å². The number of anilines is 1. The molecule has 0 bridgehead atoms. The molecule has 7 heteroatoms. The van der Waals surface area contributed by atoms with Gasteiger partial charge in [-0.1, -0.05) is 0 Å². The number of carbonyl (C=O) groups excluding carboxylic acids is 1. The Hall–Kier alpha value is -1.99. The van der Waals surface area contributed by atoms with Crippen molar-refractivity contribution in [2.45, 2.75) is 24.9 Å². The van der Waals surface area contributed by atoms with Crippen molar-refractivity contribution in [3.05, 3.63) is 40.8 Å². The molecule has 0 radical (unpaired) electrons. The van der Waals surface area contributed by atoms with Gasteiger partial charge in [-0.15, -0.1) is 0 Å². The van der Waals surface area contributed by atoms with E-state index in [1.807, 2.05) is 21.7 Å². The number of piperidine rings is 1. The van der Waals surface area contributed by atoms with Crippen LogP contribution in [0.3, 0.4) is 0 Å². The monoisotopic (exact) mass is 332 g/mol. The smallest absolute Gasteiger partial charge is 0.225 e. The van der Waals surface area contributed by atoms with Crippen molar-refractivity contribution < 1.29 is 9.90 Å². The molecule has 1 saturated heterocycles. The Morgan fingerprint density at radius 1 is 1.43 bits per heavy atom. The Bertz CT molecular complexity index is 635. The molecule has 6 nitrogen and oxygen atoms in total. The van der Waals surface area contributed by atoms with Crippen molar-refractivity contribution in [1.82, 2.24) is 15.3 Å². The Kier molecular flexibility index (Phi) is 4.88. The van der Waals surface area contributed by atoms with Gasteiger partial charge >= 0.3 is 0 Å². The van der Waals surface area contributed by atoms with Gasteiger partial charge in [0.25, 0.3) is 0 Å². The van der Waals surface area contributed by atoms with Crippen LogP contribution in [0.25, 0.3) is 0 Å². The standard InChI is InChI=1S/C16H20N4O2S/c21-14(9-13-3-8-23-10-13)19-11-16(22)4-1-7-20(12-16)15-17-5-2-6-18-15/h2-3,5-6,8,10,22H,1,4,7,9,11-12H2,(H,19,21). The van der Waals surface area contributed by atoms with Crippen LogP contribution < -0.4 is 10.2 Å². The van der Waals surface area contributed by atoms with Gasteiger partial charge in [0.2, 0.25) is 11.9 Å². The van der Waals surface area contributed by atoms with Crippen LogP contribution in [0.15, 0.2) is 35.3 Å². The van der Waals surface area contributed by atoms with Crippen molar-refractivity contribution in [3.8, 4) is 0 Å². The number of carbonyl (C=O) groups is 1. The topological polar surface area (TPSA) is 78.4 Å². The summed E-state index contributed by atoms with van der Waals surface area (Å²) in [6.45, 7) is 1.49. The molecule has 2 aromatic heterocycles. The second-order valence-corrected chi connectivity index (χ2v) is 6.66. The lowest BCUT2D eigenvalue weighted by Gasteiger charge is -2.39. The fourth-order valence-corrected chi connectivity index (χ4v) is 3.45. The minimum atomic E-state index is -0.943. The molecule has 2 N–H and O–H groups in total. The Morgan fingerprint density at radius 2 is 2.26 bits per heavy atom. The van der Waals surface area contributed by atoms with E-state index in [9.17, 15) is 9.90 Å². The third-order valence-electron chi connectivity index (χ3n) is 3.95. The van der Waals surface area contributed by atoms with E-state index in [1.165, 1.54) is 0 Å². The van der Waals surface area contributed by atoms with E-state index in [-0.39, 0.29) is 12.5 Å². The maximum absolute atomic E-state index is 12.0. The van der Waals surface area contributed by atoms with Crippen LogP contribution in [0, 0.1) is 0 Å². The first kappa shape index (κ1) is 15.9. The number of thiophene rings is 1. The quantitative estimate of drug-likeness (QED) is 0.861. The van der Waals surface area contributed by atoms with Crippen LogP contribution in [0.5, 0.6) is 0 Å². The summed E-state index contributed by atoms with van der Waals surface area (Å²) in [5.74, 6) is 0.556. The number of β-amino-alcohol motifs (C(OH)–C–C–N with tert-alkyl or cyclic N) is 1. The second-order valence-electron chi connectivity index (χ2n) is 5.88. The number of hydrogen-bond acceptors (Lipinski definition) is 6. The highest BCUT2D eigenvalue weighted by Crippen LogP contribution is 2.23. The van der Waals surface area contributed by atoms with E-state index < -0.39 is 5.60 Å². The van der Waals surface area contributed by atoms with E-state index in [0.29, 0.717) is 25.3 Å². The Labute approximate surface area is 139 Å². The molecular formula is C16H20N4O2S. The first-order valence-electron chi connectivity index (χ1n) is 7.67. The summed E-state index contributed by atoms with van der Waals surface area (Å²) in [6, 6.07) is 3.71. The summed E-state index contributed by atoms with van der Waals surface area (Å²) in [5.41, 5.74) is 0.0596. The average Bonchev–Trinajstić information content (AvgIpc) is 3.07. The predicted octanol–water partition coefficient (Wildman–Crippen LogP) is 1.23. The maximum Gasteiger partial charge on any atom is 0.225 e. The van der Waals surface area contributed by atoms with Crippen LogP contribution in [-0.2, 0) is 11.2 Å². The number of aliphatic hydroxyl groups is 1. The first-order chi connectivity index (χ1) is 11.1. The number of hydrogen-bond donors (Lipinski definition) is 2. The summed E-state index contributed by atoms with van der Waals surface area (Å²) in [4.78, 5) is 22.4. The van der Waals surface area contributed by atoms with Crippen LogP contribution in [0.4, 0.5) is 5.95 Å². The van der Waals surface area contributed by atoms with Gasteiger partial charge in [-0.25, -0.2) is 9.97 Å². The molecule has 1 atom stereocenters. The molecule has 1 fully saturated rings. The van der Waals surface area contributed by atoms with Gasteiger partial charge in [0, 0.05) is 25.5 Å². The minimum absolute atomic E-state index is 0.0649. The van der Waals surface area contributed by atoms with Gasteiger partial charge in [0.05, 0.1) is 18.6 Å². The predicted molar refractivity (Wildman–Crippen MR) is 89.5 cm³/mol. The summed E-state index contributed by atoms with van der Waals surface area (Å²) in [6.07, 6.45) is 5.24. The zero-order chi connectivity index (χ0) is 16.1. The number of aromatic nitrogens is 2. The van der Waals surface area contributed by atoms with Crippen LogP contribution in [-0.4, -0.2) is 46.2 Å². The van der Waals surface area contributed by atoms with Crippen molar-refractivity contribution in [1.29, 1.82) is 0 Å². The van der Waals surface area contributed by atoms with Gasteiger partial charge in [-0.3, -0.25) is 4.79 Å². The van der Waals surface area contributed by atoms with Gasteiger partial charge in [-0.05, 0) is 41.3 Å². The zero-order valence-electron chi connectivity index (χ0n) is 12.8. The largest absolute Gasteiger partial charge is 0.386 e. The van der Waals surface area contributed by atoms with E-state index >= 15 is 0 Å². The molecule has 3 rings (SSSR count). The van der Waals surface area contributed by atoms with Crippen molar-refractivity contribution in [2.75, 3.05) is 24.5 Å². The summed E-state index contributed by atoms with van der Waals surface area (Å²) in [5, 5.41) is 17.5. The van der Waals surface area contributed by atoms with Gasteiger partial charge in [0.15, 0.2) is 0 Å². The molecule has 1 amide bonds. The zero-order valence-corrected chi connectivity index (χ0v) is 13.6. The third kappa shape index (κ3) is 4.27. The van der Waals surface area contributed by atoms with E-state index in [4.69, 9.17) is 0 Å². The Balaban J connectivity index is 1.55. The molecule has 3 heterocycles. The van der Waals surface area contributed by atoms with Crippen molar-refractivity contribution in [3.63, 3.8) is 0 Å². The number of amides is 1. The van der Waals surface area contributed by atoms with Crippen LogP contribution in [0.1, 0.15) is 18.4 Å². The van der Waals surface area contributed by atoms with Gasteiger partial charge in [-0.2, -0.15) is 11.3 Å². The summed E-state index contributed by atoms with van der Waals surface area (Å²) >= 11 is 1.57. The van der Waals surface area contributed by atoms with E-state index in [0.717, 1.165) is 18.5 Å². The average molecular weight is 332 g/mol. The van der Waals surface area contributed by atoms with E-state index in [1.54, 1.807) is 29.8 Å². The lowest BCUT2D eigenvalue weighted by Crippen LogP contribution is -2.54. The van der Waals surface area contributed by atoms with Crippen LogP contribution >= 0.6 is 11.3 Å². The van der Waals surface area contributed by atoms with Crippen LogP contribution in [0.2, 0.25) is 0 Å². The molecule has 1 unspecified atom stereocenters. The molecule has 1 aliphatic heterocycles. The molecular weight excluding hydrogens is 312 g/mol. The van der Waals surface area contributed by atoms with Gasteiger partial charge in [0.1, 0.15) is 0 Å². The molecule has 1 aliphatic rings. The first-order valence-corrected chi connectivity index (χ1v) is 8.61. The third-order valence-corrected chi connectivity index (χ3v) is 4.68. The lowest BCUT2D eigenvalue weighted by molar-refractivity contribution is -0.121. The SMILES string of the molecule is O=C(Cc1ccsc1)NCC1(O)CCCN(c2ncccn2)C1. The number of rotatable bonds is 5. The molecule has 23 heavy (non-hydrogen) atoms. The molecule has 2 aromatic rings. The lowest BCUT2D eigenvalue weighted by atomic mass is 9.93. The molecule has 0 saturated carbocycles. The highest BCUT2D eigenvalue weighted by Gasteiger charge is 2.34. The Morgan fingerprint density at radius 3 is 3.00 bits per heavy atom. The molecule has 0 spiro atoms. The molecule has 122 valence electrons. The minimum Gasteiger partial charge on any atom is -0.386 e. The summed E-state index contributed by atoms with van der Waals surface area (Å²) in [7, 11) is 0. The normalized spacial score (nSPS) is 21.2. The second kappa shape index (κ2) is 7.06. The molecule has 0 aromatic carbocycles. The number of nitrogens with zero attached hydrogens (tertiary/aromatic N) is 3. The summed E-state index contributed by atoms with van der Waals surface area (Å²) < 4.78 is 0.